The monoisotopic (exact) mass is 262 g/mol. The van der Waals surface area contributed by atoms with Gasteiger partial charge in [-0.05, 0) is 26.0 Å². The van der Waals surface area contributed by atoms with Gasteiger partial charge in [0.1, 0.15) is 0 Å². The Morgan fingerprint density at radius 3 is 2.76 bits per heavy atom. The van der Waals surface area contributed by atoms with Crippen LogP contribution in [0.5, 0.6) is 0 Å². The third-order valence-electron chi connectivity index (χ3n) is 2.26. The molecule has 0 saturated heterocycles. The summed E-state index contributed by atoms with van der Waals surface area (Å²) in [6, 6.07) is 0.409. The molecule has 17 heavy (non-hydrogen) atoms. The molecule has 0 aliphatic rings. The van der Waals surface area contributed by atoms with Gasteiger partial charge in [-0.15, -0.1) is 0 Å². The summed E-state index contributed by atoms with van der Waals surface area (Å²) in [5, 5.41) is 3.30. The lowest BCUT2D eigenvalue weighted by Gasteiger charge is -2.18. The molecule has 0 aliphatic carbocycles. The predicted molar refractivity (Wildman–Crippen MR) is 76.3 cm³/mol. The van der Waals surface area contributed by atoms with Gasteiger partial charge in [0, 0.05) is 31.6 Å². The molecule has 0 radical (unpaired) electrons. The Kier molecular flexibility index (Phi) is 11.7. The molecule has 0 aliphatic heterocycles. The number of guanidine groups is 1. The van der Waals surface area contributed by atoms with Gasteiger partial charge >= 0.3 is 0 Å². The highest BCUT2D eigenvalue weighted by Crippen LogP contribution is 2.00. The Hall–Kier alpha value is -0.460. The summed E-state index contributed by atoms with van der Waals surface area (Å²) in [5.74, 6) is 7.15. The average Bonchev–Trinajstić information content (AvgIpc) is 2.36. The topological polar surface area (TPSA) is 71.7 Å². The summed E-state index contributed by atoms with van der Waals surface area (Å²) in [7, 11) is 0. The van der Waals surface area contributed by atoms with Crippen LogP contribution in [0.25, 0.3) is 0 Å². The van der Waals surface area contributed by atoms with Crippen molar-refractivity contribution in [3.8, 4) is 0 Å². The molecule has 1 atom stereocenters. The number of nitrogens with two attached hydrogens (primary N) is 1. The number of hydrazine groups is 1. The first-order valence-corrected chi connectivity index (χ1v) is 7.52. The predicted octanol–water partition coefficient (Wildman–Crippen LogP) is 0.964. The molecule has 0 aromatic rings. The molecule has 102 valence electrons. The van der Waals surface area contributed by atoms with Crippen molar-refractivity contribution in [1.29, 1.82) is 0 Å². The molecule has 6 heteroatoms. The van der Waals surface area contributed by atoms with Gasteiger partial charge in [0.2, 0.25) is 5.96 Å². The second kappa shape index (κ2) is 12.0. The van der Waals surface area contributed by atoms with E-state index in [1.807, 2.05) is 18.7 Å². The van der Waals surface area contributed by atoms with Crippen LogP contribution in [0, 0.1) is 0 Å². The number of ether oxygens (including phenoxy) is 1. The van der Waals surface area contributed by atoms with Crippen molar-refractivity contribution >= 4 is 17.7 Å². The van der Waals surface area contributed by atoms with Gasteiger partial charge < -0.3 is 10.1 Å². The fourth-order valence-corrected chi connectivity index (χ4v) is 2.01. The van der Waals surface area contributed by atoms with Crippen LogP contribution in [0.2, 0.25) is 0 Å². The van der Waals surface area contributed by atoms with Crippen LogP contribution < -0.4 is 16.6 Å². The van der Waals surface area contributed by atoms with E-state index in [2.05, 4.69) is 28.9 Å². The Bertz CT molecular complexity index is 202. The lowest BCUT2D eigenvalue weighted by atomic mass is 10.3. The molecule has 4 N–H and O–H groups in total. The maximum atomic E-state index is 5.43. The number of thioether (sulfide) groups is 1. The zero-order valence-corrected chi connectivity index (χ0v) is 12.0. The summed E-state index contributed by atoms with van der Waals surface area (Å²) in [4.78, 5) is 4.36. The number of nitrogens with one attached hydrogen (secondary N) is 2. The van der Waals surface area contributed by atoms with Crippen LogP contribution in [0.4, 0.5) is 0 Å². The maximum absolute atomic E-state index is 5.43. The number of aliphatic imine (C=N–C) groups is 1. The minimum Gasteiger partial charge on any atom is -0.382 e. The van der Waals surface area contributed by atoms with E-state index < -0.39 is 0 Å². The van der Waals surface area contributed by atoms with Gasteiger partial charge in [-0.1, -0.05) is 6.92 Å². The molecule has 1 unspecified atom stereocenters. The highest BCUT2D eigenvalue weighted by molar-refractivity contribution is 7.98. The molecule has 0 amide bonds. The second-order valence-electron chi connectivity index (χ2n) is 3.63. The quantitative estimate of drug-likeness (QED) is 0.190. The van der Waals surface area contributed by atoms with E-state index >= 15 is 0 Å². The van der Waals surface area contributed by atoms with Crippen LogP contribution in [0.1, 0.15) is 26.7 Å². The van der Waals surface area contributed by atoms with Crippen molar-refractivity contribution in [2.75, 3.05) is 31.8 Å². The van der Waals surface area contributed by atoms with E-state index in [1.165, 1.54) is 0 Å². The Morgan fingerprint density at radius 1 is 1.47 bits per heavy atom. The van der Waals surface area contributed by atoms with E-state index in [9.17, 15) is 0 Å². The van der Waals surface area contributed by atoms with Crippen LogP contribution in [0.15, 0.2) is 4.99 Å². The first kappa shape index (κ1) is 16.5. The van der Waals surface area contributed by atoms with Crippen molar-refractivity contribution < 1.29 is 4.74 Å². The number of hydrogen-bond acceptors (Lipinski definition) is 4. The van der Waals surface area contributed by atoms with Crippen molar-refractivity contribution in [1.82, 2.24) is 10.7 Å². The summed E-state index contributed by atoms with van der Waals surface area (Å²) in [6.45, 7) is 6.38. The summed E-state index contributed by atoms with van der Waals surface area (Å²) in [6.07, 6.45) is 4.07. The van der Waals surface area contributed by atoms with Crippen LogP contribution in [-0.4, -0.2) is 43.8 Å². The Morgan fingerprint density at radius 2 is 2.24 bits per heavy atom. The summed E-state index contributed by atoms with van der Waals surface area (Å²) < 4.78 is 5.25. The van der Waals surface area contributed by atoms with Gasteiger partial charge in [0.05, 0.1) is 0 Å². The van der Waals surface area contributed by atoms with Gasteiger partial charge in [-0.3, -0.25) is 10.4 Å². The summed E-state index contributed by atoms with van der Waals surface area (Å²) >= 11 is 1.82. The number of nitrogens with zero attached hydrogens (tertiary/aromatic N) is 1. The standard InChI is InChI=1S/C11H26N4OS/c1-4-10(9-17-3)14-11(15-12)13-7-6-8-16-5-2/h10H,4-9,12H2,1-3H3,(H2,13,14,15). The zero-order valence-electron chi connectivity index (χ0n) is 11.2. The van der Waals surface area contributed by atoms with Crippen molar-refractivity contribution in [3.63, 3.8) is 0 Å². The zero-order chi connectivity index (χ0) is 12.9. The fraction of sp³-hybridized carbons (Fsp3) is 0.909. The minimum atomic E-state index is 0.409. The smallest absolute Gasteiger partial charge is 0.205 e. The van der Waals surface area contributed by atoms with Crippen molar-refractivity contribution in [3.05, 3.63) is 0 Å². The largest absolute Gasteiger partial charge is 0.382 e. The molecule has 0 rings (SSSR count). The molecule has 0 spiro atoms. The van der Waals surface area contributed by atoms with Crippen LogP contribution in [0.3, 0.4) is 0 Å². The lowest BCUT2D eigenvalue weighted by molar-refractivity contribution is 0.146. The van der Waals surface area contributed by atoms with Crippen LogP contribution in [-0.2, 0) is 4.74 Å². The van der Waals surface area contributed by atoms with Gasteiger partial charge in [-0.2, -0.15) is 11.8 Å². The lowest BCUT2D eigenvalue weighted by Crippen LogP contribution is -2.47. The maximum Gasteiger partial charge on any atom is 0.205 e. The molecule has 0 saturated carbocycles. The van der Waals surface area contributed by atoms with Gasteiger partial charge in [-0.25, -0.2) is 5.84 Å². The first-order chi connectivity index (χ1) is 8.28. The first-order valence-electron chi connectivity index (χ1n) is 6.12. The summed E-state index contributed by atoms with van der Waals surface area (Å²) in [5.41, 5.74) is 2.60. The van der Waals surface area contributed by atoms with E-state index in [0.717, 1.165) is 38.4 Å². The van der Waals surface area contributed by atoms with Gasteiger partial charge in [0.15, 0.2) is 0 Å². The highest BCUT2D eigenvalue weighted by atomic mass is 32.2. The molecule has 5 nitrogen and oxygen atoms in total. The normalized spacial score (nSPS) is 13.5. The van der Waals surface area contributed by atoms with Crippen LogP contribution >= 0.6 is 11.8 Å². The van der Waals surface area contributed by atoms with Crippen molar-refractivity contribution in [2.24, 2.45) is 10.8 Å². The Labute approximate surface area is 109 Å². The molecule has 0 aromatic heterocycles. The number of hydrogen-bond donors (Lipinski definition) is 3. The minimum absolute atomic E-state index is 0.409. The fourth-order valence-electron chi connectivity index (χ4n) is 1.29. The number of rotatable bonds is 9. The van der Waals surface area contributed by atoms with E-state index in [1.54, 1.807) is 0 Å². The van der Waals surface area contributed by atoms with E-state index in [-0.39, 0.29) is 0 Å². The van der Waals surface area contributed by atoms with Crippen molar-refractivity contribution in [2.45, 2.75) is 32.7 Å². The third kappa shape index (κ3) is 9.26. The molecular formula is C11H26N4OS. The second-order valence-corrected chi connectivity index (χ2v) is 4.54. The van der Waals surface area contributed by atoms with Gasteiger partial charge in [0.25, 0.3) is 0 Å². The molecular weight excluding hydrogens is 236 g/mol. The third-order valence-corrected chi connectivity index (χ3v) is 2.99. The average molecular weight is 262 g/mol. The molecule has 0 fully saturated rings. The van der Waals surface area contributed by atoms with E-state index in [0.29, 0.717) is 12.0 Å². The van der Waals surface area contributed by atoms with E-state index in [4.69, 9.17) is 10.6 Å². The Balaban J connectivity index is 3.90. The molecule has 0 aromatic carbocycles. The highest BCUT2D eigenvalue weighted by Gasteiger charge is 2.06. The molecule has 0 bridgehead atoms. The SMILES string of the molecule is CCOCCCN=C(NN)NC(CC)CSC. The molecule has 0 heterocycles.